The molecular weight excluding hydrogens is 216 g/mol. The van der Waals surface area contributed by atoms with Gasteiger partial charge < -0.3 is 10.2 Å². The number of carbonyl (C=O) groups is 1. The Hall–Kier alpha value is -1.79. The second-order valence-electron chi connectivity index (χ2n) is 4.28. The topological polar surface area (TPSA) is 57.5 Å². The molecule has 1 aromatic rings. The van der Waals surface area contributed by atoms with Crippen LogP contribution in [0.5, 0.6) is 0 Å². The summed E-state index contributed by atoms with van der Waals surface area (Å²) in [6.07, 6.45) is 0.447. The van der Waals surface area contributed by atoms with Crippen LogP contribution in [-0.2, 0) is 10.2 Å². The molecule has 3 heteroatoms. The van der Waals surface area contributed by atoms with Crippen LogP contribution in [0.1, 0.15) is 31.4 Å². The number of carboxylic acids is 1. The zero-order chi connectivity index (χ0) is 12.9. The maximum atomic E-state index is 11.1. The molecule has 1 rings (SSSR count). The van der Waals surface area contributed by atoms with Gasteiger partial charge in [-0.1, -0.05) is 24.0 Å². The number of aliphatic hydroxyl groups is 1. The minimum absolute atomic E-state index is 0.0527. The summed E-state index contributed by atoms with van der Waals surface area (Å²) in [5.74, 6) is 4.86. The van der Waals surface area contributed by atoms with E-state index in [1.165, 1.54) is 0 Å². The smallest absolute Gasteiger partial charge is 0.313 e. The molecule has 0 heterocycles. The van der Waals surface area contributed by atoms with Crippen LogP contribution >= 0.6 is 0 Å². The summed E-state index contributed by atoms with van der Waals surface area (Å²) < 4.78 is 0. The Morgan fingerprint density at radius 2 is 1.88 bits per heavy atom. The van der Waals surface area contributed by atoms with Crippen LogP contribution in [0, 0.1) is 11.8 Å². The lowest BCUT2D eigenvalue weighted by atomic mass is 9.84. The highest BCUT2D eigenvalue weighted by Gasteiger charge is 2.28. The van der Waals surface area contributed by atoms with Gasteiger partial charge in [-0.05, 0) is 31.5 Å². The molecule has 90 valence electrons. The lowest BCUT2D eigenvalue weighted by Crippen LogP contribution is -2.28. The Bertz CT molecular complexity index is 447. The van der Waals surface area contributed by atoms with Crippen molar-refractivity contribution < 1.29 is 15.0 Å². The molecule has 0 fully saturated rings. The molecule has 0 saturated heterocycles. The highest BCUT2D eigenvalue weighted by atomic mass is 16.4. The van der Waals surface area contributed by atoms with E-state index in [1.807, 2.05) is 0 Å². The highest BCUT2D eigenvalue weighted by Crippen LogP contribution is 2.23. The van der Waals surface area contributed by atoms with Crippen LogP contribution in [0.2, 0.25) is 0 Å². The van der Waals surface area contributed by atoms with Crippen molar-refractivity contribution in [2.45, 2.75) is 25.7 Å². The van der Waals surface area contributed by atoms with E-state index >= 15 is 0 Å². The molecule has 0 aliphatic heterocycles. The first-order chi connectivity index (χ1) is 7.98. The van der Waals surface area contributed by atoms with Gasteiger partial charge in [-0.3, -0.25) is 4.79 Å². The van der Waals surface area contributed by atoms with Crippen molar-refractivity contribution in [1.82, 2.24) is 0 Å². The minimum atomic E-state index is -0.892. The highest BCUT2D eigenvalue weighted by molar-refractivity contribution is 5.80. The molecule has 3 nitrogen and oxygen atoms in total. The fourth-order valence-corrected chi connectivity index (χ4v) is 1.31. The predicted octanol–water partition coefficient (Wildman–Crippen LogP) is 1.78. The van der Waals surface area contributed by atoms with Crippen LogP contribution < -0.4 is 0 Å². The van der Waals surface area contributed by atoms with Crippen LogP contribution in [-0.4, -0.2) is 22.8 Å². The van der Waals surface area contributed by atoms with Gasteiger partial charge >= 0.3 is 5.97 Å². The van der Waals surface area contributed by atoms with E-state index in [1.54, 1.807) is 38.1 Å². The standard InChI is InChI=1S/C14H16O3/c1-14(2,13(16)17)12-8-6-11(7-9-12)5-3-4-10-15/h6-9,15H,4,10H2,1-2H3,(H,16,17). The first kappa shape index (κ1) is 13.3. The molecule has 0 atom stereocenters. The maximum absolute atomic E-state index is 11.1. The summed E-state index contributed by atoms with van der Waals surface area (Å²) in [4.78, 5) is 11.1. The maximum Gasteiger partial charge on any atom is 0.313 e. The molecular formula is C14H16O3. The summed E-state index contributed by atoms with van der Waals surface area (Å²) in [6, 6.07) is 7.14. The third kappa shape index (κ3) is 3.33. The normalized spacial score (nSPS) is 10.5. The first-order valence-corrected chi connectivity index (χ1v) is 5.42. The number of hydrogen-bond acceptors (Lipinski definition) is 2. The molecule has 2 N–H and O–H groups in total. The molecule has 0 aromatic heterocycles. The van der Waals surface area contributed by atoms with Gasteiger partial charge in [0.05, 0.1) is 12.0 Å². The number of aliphatic carboxylic acids is 1. The fraction of sp³-hybridized carbons (Fsp3) is 0.357. The molecule has 17 heavy (non-hydrogen) atoms. The van der Waals surface area contributed by atoms with Gasteiger partial charge in [0.15, 0.2) is 0 Å². The second kappa shape index (κ2) is 5.51. The Morgan fingerprint density at radius 1 is 1.29 bits per heavy atom. The van der Waals surface area contributed by atoms with Gasteiger partial charge in [0.1, 0.15) is 0 Å². The van der Waals surface area contributed by atoms with Crippen molar-refractivity contribution in [3.8, 4) is 11.8 Å². The van der Waals surface area contributed by atoms with Crippen molar-refractivity contribution in [1.29, 1.82) is 0 Å². The average molecular weight is 232 g/mol. The molecule has 0 amide bonds. The molecule has 0 spiro atoms. The molecule has 0 bridgehead atoms. The zero-order valence-corrected chi connectivity index (χ0v) is 10.0. The van der Waals surface area contributed by atoms with E-state index in [9.17, 15) is 4.79 Å². The molecule has 0 radical (unpaired) electrons. The number of carboxylic acid groups (broad SMARTS) is 1. The SMILES string of the molecule is CC(C)(C(=O)O)c1ccc(C#CCCO)cc1. The Morgan fingerprint density at radius 3 is 2.35 bits per heavy atom. The summed E-state index contributed by atoms with van der Waals surface area (Å²) in [5.41, 5.74) is 0.679. The van der Waals surface area contributed by atoms with E-state index in [0.717, 1.165) is 11.1 Å². The number of benzene rings is 1. The Kier molecular flexibility index (Phi) is 4.30. The Labute approximate surface area is 101 Å². The van der Waals surface area contributed by atoms with Crippen molar-refractivity contribution in [3.05, 3.63) is 35.4 Å². The Balaban J connectivity index is 2.90. The zero-order valence-electron chi connectivity index (χ0n) is 10.0. The van der Waals surface area contributed by atoms with Crippen molar-refractivity contribution in [3.63, 3.8) is 0 Å². The van der Waals surface area contributed by atoms with E-state index in [0.29, 0.717) is 6.42 Å². The lowest BCUT2D eigenvalue weighted by molar-refractivity contribution is -0.142. The fourth-order valence-electron chi connectivity index (χ4n) is 1.31. The quantitative estimate of drug-likeness (QED) is 0.781. The number of hydrogen-bond donors (Lipinski definition) is 2. The van der Waals surface area contributed by atoms with E-state index in [2.05, 4.69) is 11.8 Å². The third-order valence-electron chi connectivity index (χ3n) is 2.61. The van der Waals surface area contributed by atoms with Gasteiger partial charge in [-0.25, -0.2) is 0 Å². The number of aliphatic hydroxyl groups excluding tert-OH is 1. The largest absolute Gasteiger partial charge is 0.481 e. The van der Waals surface area contributed by atoms with E-state index in [-0.39, 0.29) is 6.61 Å². The van der Waals surface area contributed by atoms with Gasteiger partial charge in [-0.2, -0.15) is 0 Å². The van der Waals surface area contributed by atoms with E-state index < -0.39 is 11.4 Å². The summed E-state index contributed by atoms with van der Waals surface area (Å²) >= 11 is 0. The van der Waals surface area contributed by atoms with E-state index in [4.69, 9.17) is 10.2 Å². The van der Waals surface area contributed by atoms with Crippen LogP contribution in [0.15, 0.2) is 24.3 Å². The van der Waals surface area contributed by atoms with Crippen molar-refractivity contribution in [2.75, 3.05) is 6.61 Å². The first-order valence-electron chi connectivity index (χ1n) is 5.42. The van der Waals surface area contributed by atoms with Crippen LogP contribution in [0.3, 0.4) is 0 Å². The van der Waals surface area contributed by atoms with Crippen LogP contribution in [0.25, 0.3) is 0 Å². The van der Waals surface area contributed by atoms with Gasteiger partial charge in [0.2, 0.25) is 0 Å². The van der Waals surface area contributed by atoms with Crippen molar-refractivity contribution in [2.24, 2.45) is 0 Å². The van der Waals surface area contributed by atoms with Crippen LogP contribution in [0.4, 0.5) is 0 Å². The summed E-state index contributed by atoms with van der Waals surface area (Å²) in [6.45, 7) is 3.39. The van der Waals surface area contributed by atoms with Gasteiger partial charge in [0.25, 0.3) is 0 Å². The summed E-state index contributed by atoms with van der Waals surface area (Å²) in [5, 5.41) is 17.7. The monoisotopic (exact) mass is 232 g/mol. The lowest BCUT2D eigenvalue weighted by Gasteiger charge is -2.19. The average Bonchev–Trinajstić information content (AvgIpc) is 2.30. The summed E-state index contributed by atoms with van der Waals surface area (Å²) in [7, 11) is 0. The minimum Gasteiger partial charge on any atom is -0.481 e. The third-order valence-corrected chi connectivity index (χ3v) is 2.61. The van der Waals surface area contributed by atoms with Gasteiger partial charge in [-0.15, -0.1) is 0 Å². The molecule has 0 unspecified atom stereocenters. The predicted molar refractivity (Wildman–Crippen MR) is 65.7 cm³/mol. The van der Waals surface area contributed by atoms with Gasteiger partial charge in [0, 0.05) is 12.0 Å². The molecule has 0 saturated carbocycles. The molecule has 0 aliphatic rings. The van der Waals surface area contributed by atoms with Crippen molar-refractivity contribution >= 4 is 5.97 Å². The molecule has 1 aromatic carbocycles. The second-order valence-corrected chi connectivity index (χ2v) is 4.28. The molecule has 0 aliphatic carbocycles. The number of rotatable bonds is 3.